The molecule has 26 heavy (non-hydrogen) atoms. The van der Waals surface area contributed by atoms with E-state index in [1.54, 1.807) is 12.1 Å². The average molecular weight is 375 g/mol. The van der Waals surface area contributed by atoms with E-state index in [9.17, 15) is 18.0 Å². The van der Waals surface area contributed by atoms with Crippen molar-refractivity contribution in [1.82, 2.24) is 15.2 Å². The molecular weight excluding hydrogens is 354 g/mol. The van der Waals surface area contributed by atoms with Gasteiger partial charge in [0.05, 0.1) is 4.90 Å². The van der Waals surface area contributed by atoms with Gasteiger partial charge < -0.3 is 0 Å². The van der Waals surface area contributed by atoms with Gasteiger partial charge in [0.25, 0.3) is 11.8 Å². The maximum absolute atomic E-state index is 12.2. The molecule has 0 radical (unpaired) electrons. The molecular formula is C18H21N3O4S. The van der Waals surface area contributed by atoms with Crippen LogP contribution in [0.1, 0.15) is 31.8 Å². The fourth-order valence-electron chi connectivity index (χ4n) is 2.15. The highest BCUT2D eigenvalue weighted by Gasteiger charge is 2.19. The van der Waals surface area contributed by atoms with E-state index in [1.165, 1.54) is 38.4 Å². The van der Waals surface area contributed by atoms with Crippen LogP contribution in [0.2, 0.25) is 0 Å². The van der Waals surface area contributed by atoms with Crippen LogP contribution in [0.15, 0.2) is 47.4 Å². The molecule has 0 saturated heterocycles. The number of aryl methyl sites for hydroxylation is 2. The molecule has 0 unspecified atom stereocenters. The van der Waals surface area contributed by atoms with Crippen LogP contribution in [0.5, 0.6) is 0 Å². The highest BCUT2D eigenvalue weighted by Crippen LogP contribution is 2.15. The van der Waals surface area contributed by atoms with E-state index in [1.807, 2.05) is 19.9 Å². The van der Waals surface area contributed by atoms with Crippen molar-refractivity contribution in [2.45, 2.75) is 18.7 Å². The van der Waals surface area contributed by atoms with Crippen LogP contribution in [0.3, 0.4) is 0 Å². The van der Waals surface area contributed by atoms with Crippen LogP contribution in [0.25, 0.3) is 0 Å². The molecule has 0 fully saturated rings. The number of hydrogen-bond donors (Lipinski definition) is 2. The molecule has 0 saturated carbocycles. The number of rotatable bonds is 4. The number of nitrogens with zero attached hydrogens (tertiary/aromatic N) is 1. The first-order valence-corrected chi connectivity index (χ1v) is 9.27. The van der Waals surface area contributed by atoms with Crippen molar-refractivity contribution in [3.05, 3.63) is 64.7 Å². The van der Waals surface area contributed by atoms with Crippen LogP contribution in [0.4, 0.5) is 0 Å². The van der Waals surface area contributed by atoms with E-state index in [2.05, 4.69) is 10.9 Å². The zero-order valence-corrected chi connectivity index (χ0v) is 15.8. The number of carbonyl (C=O) groups excluding carboxylic acids is 2. The molecule has 0 bridgehead atoms. The minimum absolute atomic E-state index is 0.00404. The molecule has 8 heteroatoms. The first kappa shape index (κ1) is 19.6. The summed E-state index contributed by atoms with van der Waals surface area (Å²) >= 11 is 0. The molecule has 2 N–H and O–H groups in total. The summed E-state index contributed by atoms with van der Waals surface area (Å²) in [4.78, 5) is 24.3. The van der Waals surface area contributed by atoms with Crippen LogP contribution in [0, 0.1) is 13.8 Å². The molecule has 2 rings (SSSR count). The summed E-state index contributed by atoms with van der Waals surface area (Å²) in [6.07, 6.45) is 0. The van der Waals surface area contributed by atoms with Gasteiger partial charge in [-0.2, -0.15) is 0 Å². The molecule has 7 nitrogen and oxygen atoms in total. The van der Waals surface area contributed by atoms with E-state index < -0.39 is 21.8 Å². The van der Waals surface area contributed by atoms with Crippen LogP contribution < -0.4 is 10.9 Å². The maximum atomic E-state index is 12.2. The second-order valence-electron chi connectivity index (χ2n) is 6.02. The predicted octanol–water partition coefficient (Wildman–Crippen LogP) is 1.63. The van der Waals surface area contributed by atoms with Gasteiger partial charge in [0.1, 0.15) is 0 Å². The predicted molar refractivity (Wildman–Crippen MR) is 98.2 cm³/mol. The van der Waals surface area contributed by atoms with Gasteiger partial charge in [0.15, 0.2) is 0 Å². The molecule has 0 atom stereocenters. The van der Waals surface area contributed by atoms with Crippen molar-refractivity contribution in [1.29, 1.82) is 0 Å². The quantitative estimate of drug-likeness (QED) is 0.794. The van der Waals surface area contributed by atoms with Crippen molar-refractivity contribution in [2.75, 3.05) is 14.1 Å². The zero-order chi connectivity index (χ0) is 19.5. The lowest BCUT2D eigenvalue weighted by Crippen LogP contribution is -2.41. The first-order valence-electron chi connectivity index (χ1n) is 7.83. The molecule has 138 valence electrons. The van der Waals surface area contributed by atoms with Crippen molar-refractivity contribution in [3.8, 4) is 0 Å². The smallest absolute Gasteiger partial charge is 0.267 e. The van der Waals surface area contributed by atoms with Gasteiger partial charge in [-0.15, -0.1) is 0 Å². The molecule has 0 aromatic heterocycles. The number of carbonyl (C=O) groups is 2. The fraction of sp³-hybridized carbons (Fsp3) is 0.222. The molecule has 2 amide bonds. The van der Waals surface area contributed by atoms with Gasteiger partial charge in [-0.3, -0.25) is 20.4 Å². The van der Waals surface area contributed by atoms with E-state index >= 15 is 0 Å². The van der Waals surface area contributed by atoms with E-state index in [0.717, 1.165) is 15.4 Å². The van der Waals surface area contributed by atoms with Gasteiger partial charge in [0.2, 0.25) is 10.0 Å². The molecule has 0 aliphatic rings. The lowest BCUT2D eigenvalue weighted by molar-refractivity contribution is 0.0846. The Labute approximate surface area is 153 Å². The third-order valence-corrected chi connectivity index (χ3v) is 5.74. The summed E-state index contributed by atoms with van der Waals surface area (Å²) in [6.45, 7) is 3.83. The topological polar surface area (TPSA) is 95.6 Å². The summed E-state index contributed by atoms with van der Waals surface area (Å²) in [5.74, 6) is -1.07. The van der Waals surface area contributed by atoms with Crippen molar-refractivity contribution in [3.63, 3.8) is 0 Å². The molecule has 0 heterocycles. The minimum atomic E-state index is -3.65. The third kappa shape index (κ3) is 4.27. The normalized spacial score (nSPS) is 11.3. The number of hydrazine groups is 1. The highest BCUT2D eigenvalue weighted by atomic mass is 32.2. The number of amides is 2. The lowest BCUT2D eigenvalue weighted by atomic mass is 10.1. The number of nitrogens with one attached hydrogen (secondary N) is 2. The Morgan fingerprint density at radius 1 is 0.846 bits per heavy atom. The highest BCUT2D eigenvalue weighted by molar-refractivity contribution is 7.89. The second kappa shape index (κ2) is 7.67. The fourth-order valence-corrected chi connectivity index (χ4v) is 3.10. The SMILES string of the molecule is Cc1ccc(C(=O)NNC(=O)c2cccc(S(=O)(=O)N(C)C)c2)cc1C. The summed E-state index contributed by atoms with van der Waals surface area (Å²) in [5, 5.41) is 0. The van der Waals surface area contributed by atoms with Crippen molar-refractivity contribution >= 4 is 21.8 Å². The van der Waals surface area contributed by atoms with Crippen LogP contribution in [-0.4, -0.2) is 38.6 Å². The lowest BCUT2D eigenvalue weighted by Gasteiger charge is -2.12. The Morgan fingerprint density at radius 2 is 1.42 bits per heavy atom. The third-order valence-electron chi connectivity index (χ3n) is 3.93. The minimum Gasteiger partial charge on any atom is -0.267 e. The Hall–Kier alpha value is -2.71. The van der Waals surface area contributed by atoms with E-state index in [4.69, 9.17) is 0 Å². The first-order chi connectivity index (χ1) is 12.1. The van der Waals surface area contributed by atoms with Crippen molar-refractivity contribution < 1.29 is 18.0 Å². The zero-order valence-electron chi connectivity index (χ0n) is 15.0. The molecule has 0 aliphatic heterocycles. The standard InChI is InChI=1S/C18H21N3O4S/c1-12-8-9-15(10-13(12)2)18(23)20-19-17(22)14-6-5-7-16(11-14)26(24,25)21(3)4/h5-11H,1-4H3,(H,19,22)(H,20,23). The molecule has 2 aromatic carbocycles. The van der Waals surface area contributed by atoms with Gasteiger partial charge in [-0.1, -0.05) is 12.1 Å². The van der Waals surface area contributed by atoms with Gasteiger partial charge in [-0.25, -0.2) is 12.7 Å². The summed E-state index contributed by atoms with van der Waals surface area (Å²) in [7, 11) is -0.833. The monoisotopic (exact) mass is 375 g/mol. The Balaban J connectivity index is 2.11. The Bertz CT molecular complexity index is 953. The largest absolute Gasteiger partial charge is 0.269 e. The number of sulfonamides is 1. The number of hydrogen-bond acceptors (Lipinski definition) is 4. The van der Waals surface area contributed by atoms with Crippen LogP contribution >= 0.6 is 0 Å². The summed E-state index contributed by atoms with van der Waals surface area (Å²) in [5.41, 5.74) is 7.18. The van der Waals surface area contributed by atoms with Gasteiger partial charge in [-0.05, 0) is 55.3 Å². The van der Waals surface area contributed by atoms with Crippen molar-refractivity contribution in [2.24, 2.45) is 0 Å². The second-order valence-corrected chi connectivity index (χ2v) is 8.17. The Kier molecular flexibility index (Phi) is 5.79. The van der Waals surface area contributed by atoms with Gasteiger partial charge in [0, 0.05) is 25.2 Å². The maximum Gasteiger partial charge on any atom is 0.269 e. The summed E-state index contributed by atoms with van der Waals surface area (Å²) in [6, 6.07) is 10.8. The molecule has 2 aromatic rings. The summed E-state index contributed by atoms with van der Waals surface area (Å²) < 4.78 is 25.3. The van der Waals surface area contributed by atoms with E-state index in [0.29, 0.717) is 5.56 Å². The Morgan fingerprint density at radius 3 is 1.96 bits per heavy atom. The van der Waals surface area contributed by atoms with E-state index in [-0.39, 0.29) is 10.5 Å². The molecule has 0 aliphatic carbocycles. The number of benzene rings is 2. The average Bonchev–Trinajstić information content (AvgIpc) is 2.61. The molecule has 0 spiro atoms. The van der Waals surface area contributed by atoms with Crippen LogP contribution in [-0.2, 0) is 10.0 Å². The van der Waals surface area contributed by atoms with Gasteiger partial charge >= 0.3 is 0 Å².